The number of hydrogen-bond acceptors (Lipinski definition) is 5. The number of carbonyl (C=O) groups is 1. The van der Waals surface area contributed by atoms with Crippen molar-refractivity contribution in [2.75, 3.05) is 54.1 Å². The van der Waals surface area contributed by atoms with Crippen LogP contribution >= 0.6 is 0 Å². The Morgan fingerprint density at radius 3 is 2.86 bits per heavy atom. The lowest BCUT2D eigenvalue weighted by atomic mass is 10.1. The van der Waals surface area contributed by atoms with Crippen LogP contribution in [0.2, 0.25) is 0 Å². The summed E-state index contributed by atoms with van der Waals surface area (Å²) in [7, 11) is 5.19. The van der Waals surface area contributed by atoms with E-state index in [0.29, 0.717) is 36.1 Å². The van der Waals surface area contributed by atoms with E-state index in [0.717, 1.165) is 19.7 Å². The molecule has 1 unspecified atom stereocenters. The normalized spacial score (nSPS) is 19.3. The van der Waals surface area contributed by atoms with E-state index in [1.807, 2.05) is 0 Å². The summed E-state index contributed by atoms with van der Waals surface area (Å²) in [5.41, 5.74) is 0.556. The number of methoxy groups -OCH3 is 2. The second-order valence-electron chi connectivity index (χ2n) is 5.48. The zero-order valence-corrected chi connectivity index (χ0v) is 13.4. The molecule has 2 rings (SSSR count). The molecule has 6 heteroatoms. The van der Waals surface area contributed by atoms with Crippen molar-refractivity contribution in [1.82, 2.24) is 10.2 Å². The Kier molecular flexibility index (Phi) is 6.03. The molecular formula is C16H24N2O4. The summed E-state index contributed by atoms with van der Waals surface area (Å²) in [6, 6.07) is 5.15. The third-order valence-corrected chi connectivity index (χ3v) is 3.74. The minimum Gasteiger partial charge on any atom is -0.493 e. The third kappa shape index (κ3) is 4.35. The highest BCUT2D eigenvalue weighted by atomic mass is 16.5. The van der Waals surface area contributed by atoms with Crippen LogP contribution in [-0.4, -0.2) is 64.9 Å². The molecule has 1 aliphatic rings. The Morgan fingerprint density at radius 2 is 2.14 bits per heavy atom. The van der Waals surface area contributed by atoms with Crippen molar-refractivity contribution in [1.29, 1.82) is 0 Å². The first kappa shape index (κ1) is 16.6. The van der Waals surface area contributed by atoms with Gasteiger partial charge in [-0.3, -0.25) is 4.79 Å². The lowest BCUT2D eigenvalue weighted by Crippen LogP contribution is -2.35. The molecule has 1 aromatic rings. The summed E-state index contributed by atoms with van der Waals surface area (Å²) >= 11 is 0. The quantitative estimate of drug-likeness (QED) is 0.880. The molecule has 1 amide bonds. The first-order valence-electron chi connectivity index (χ1n) is 7.40. The summed E-state index contributed by atoms with van der Waals surface area (Å²) < 4.78 is 15.9. The standard InChI is InChI=1S/C16H24N2O4/c1-18-6-7-22-11-12(10-18)9-17-16(19)13-4-5-14(20-2)15(8-13)21-3/h4-5,8,12H,6-7,9-11H2,1-3H3,(H,17,19). The van der Waals surface area contributed by atoms with Gasteiger partial charge in [-0.1, -0.05) is 0 Å². The van der Waals surface area contributed by atoms with E-state index in [9.17, 15) is 4.79 Å². The second-order valence-corrected chi connectivity index (χ2v) is 5.48. The Morgan fingerprint density at radius 1 is 1.36 bits per heavy atom. The van der Waals surface area contributed by atoms with Gasteiger partial charge in [-0.15, -0.1) is 0 Å². The van der Waals surface area contributed by atoms with Gasteiger partial charge in [-0.25, -0.2) is 0 Å². The molecule has 1 saturated heterocycles. The Balaban J connectivity index is 1.94. The maximum Gasteiger partial charge on any atom is 0.251 e. The van der Waals surface area contributed by atoms with Crippen LogP contribution in [0.25, 0.3) is 0 Å². The summed E-state index contributed by atoms with van der Waals surface area (Å²) in [5, 5.41) is 2.96. The number of likely N-dealkylation sites (N-methyl/N-ethyl adjacent to an activating group) is 1. The molecule has 1 aromatic carbocycles. The van der Waals surface area contributed by atoms with Gasteiger partial charge in [-0.2, -0.15) is 0 Å². The van der Waals surface area contributed by atoms with Crippen molar-refractivity contribution in [2.24, 2.45) is 5.92 Å². The fourth-order valence-electron chi connectivity index (χ4n) is 2.50. The fourth-order valence-corrected chi connectivity index (χ4v) is 2.50. The average molecular weight is 308 g/mol. The van der Waals surface area contributed by atoms with Crippen molar-refractivity contribution in [3.63, 3.8) is 0 Å². The number of ether oxygens (including phenoxy) is 3. The zero-order valence-electron chi connectivity index (χ0n) is 13.4. The van der Waals surface area contributed by atoms with Gasteiger partial charge in [0.15, 0.2) is 11.5 Å². The van der Waals surface area contributed by atoms with Crippen LogP contribution in [0.15, 0.2) is 18.2 Å². The smallest absolute Gasteiger partial charge is 0.251 e. The predicted molar refractivity (Wildman–Crippen MR) is 83.7 cm³/mol. The van der Waals surface area contributed by atoms with Crippen LogP contribution in [-0.2, 0) is 4.74 Å². The Hall–Kier alpha value is -1.79. The maximum absolute atomic E-state index is 12.3. The average Bonchev–Trinajstić information content (AvgIpc) is 2.75. The number of nitrogens with one attached hydrogen (secondary N) is 1. The first-order valence-corrected chi connectivity index (χ1v) is 7.40. The molecule has 1 atom stereocenters. The van der Waals surface area contributed by atoms with E-state index in [1.54, 1.807) is 32.4 Å². The van der Waals surface area contributed by atoms with E-state index >= 15 is 0 Å². The summed E-state index contributed by atoms with van der Waals surface area (Å²) in [6.45, 7) is 3.87. The summed E-state index contributed by atoms with van der Waals surface area (Å²) in [4.78, 5) is 14.5. The molecule has 0 spiro atoms. The molecule has 1 heterocycles. The zero-order chi connectivity index (χ0) is 15.9. The van der Waals surface area contributed by atoms with Crippen molar-refractivity contribution >= 4 is 5.91 Å². The second kappa shape index (κ2) is 8.00. The molecule has 0 saturated carbocycles. The van der Waals surface area contributed by atoms with Gasteiger partial charge >= 0.3 is 0 Å². The van der Waals surface area contributed by atoms with Crippen LogP contribution in [0.3, 0.4) is 0 Å². The summed E-state index contributed by atoms with van der Waals surface area (Å²) in [5.74, 6) is 1.34. The highest BCUT2D eigenvalue weighted by molar-refractivity contribution is 5.94. The van der Waals surface area contributed by atoms with Crippen molar-refractivity contribution in [2.45, 2.75) is 0 Å². The fraction of sp³-hybridized carbons (Fsp3) is 0.562. The van der Waals surface area contributed by atoms with E-state index in [2.05, 4.69) is 17.3 Å². The van der Waals surface area contributed by atoms with Crippen LogP contribution in [0.5, 0.6) is 11.5 Å². The molecule has 22 heavy (non-hydrogen) atoms. The topological polar surface area (TPSA) is 60.0 Å². The molecular weight excluding hydrogens is 284 g/mol. The van der Waals surface area contributed by atoms with Gasteiger partial charge in [0.2, 0.25) is 0 Å². The number of nitrogens with zero attached hydrogens (tertiary/aromatic N) is 1. The lowest BCUT2D eigenvalue weighted by molar-refractivity contribution is 0.0921. The molecule has 1 N–H and O–H groups in total. The summed E-state index contributed by atoms with van der Waals surface area (Å²) in [6.07, 6.45) is 0. The van der Waals surface area contributed by atoms with Crippen LogP contribution in [0, 0.1) is 5.92 Å². The first-order chi connectivity index (χ1) is 10.6. The molecule has 0 radical (unpaired) electrons. The third-order valence-electron chi connectivity index (χ3n) is 3.74. The van der Waals surface area contributed by atoms with Gasteiger partial charge in [-0.05, 0) is 25.2 Å². The predicted octanol–water partition coefficient (Wildman–Crippen LogP) is 1.01. The molecule has 1 aliphatic heterocycles. The number of benzene rings is 1. The van der Waals surface area contributed by atoms with E-state index in [4.69, 9.17) is 14.2 Å². The molecule has 0 bridgehead atoms. The van der Waals surface area contributed by atoms with Gasteiger partial charge in [0, 0.05) is 31.1 Å². The maximum atomic E-state index is 12.3. The van der Waals surface area contributed by atoms with E-state index in [-0.39, 0.29) is 5.91 Å². The molecule has 6 nitrogen and oxygen atoms in total. The number of rotatable bonds is 5. The minimum atomic E-state index is -0.118. The highest BCUT2D eigenvalue weighted by Crippen LogP contribution is 2.27. The van der Waals surface area contributed by atoms with Crippen molar-refractivity contribution < 1.29 is 19.0 Å². The molecule has 0 aliphatic carbocycles. The number of hydrogen-bond donors (Lipinski definition) is 1. The van der Waals surface area contributed by atoms with Gasteiger partial charge in [0.25, 0.3) is 5.91 Å². The van der Waals surface area contributed by atoms with E-state index < -0.39 is 0 Å². The van der Waals surface area contributed by atoms with Crippen LogP contribution in [0.1, 0.15) is 10.4 Å². The van der Waals surface area contributed by atoms with Gasteiger partial charge in [0.05, 0.1) is 27.4 Å². The lowest BCUT2D eigenvalue weighted by Gasteiger charge is -2.19. The van der Waals surface area contributed by atoms with E-state index in [1.165, 1.54) is 0 Å². The highest BCUT2D eigenvalue weighted by Gasteiger charge is 2.18. The Bertz CT molecular complexity index is 507. The molecule has 1 fully saturated rings. The minimum absolute atomic E-state index is 0.118. The number of amides is 1. The van der Waals surface area contributed by atoms with Crippen molar-refractivity contribution in [3.05, 3.63) is 23.8 Å². The van der Waals surface area contributed by atoms with Crippen molar-refractivity contribution in [3.8, 4) is 11.5 Å². The Labute approximate surface area is 131 Å². The molecule has 0 aromatic heterocycles. The number of carbonyl (C=O) groups excluding carboxylic acids is 1. The van der Waals surface area contributed by atoms with Crippen LogP contribution < -0.4 is 14.8 Å². The SMILES string of the molecule is COc1ccc(C(=O)NCC2COCCN(C)C2)cc1OC. The van der Waals surface area contributed by atoms with Crippen LogP contribution in [0.4, 0.5) is 0 Å². The monoisotopic (exact) mass is 308 g/mol. The largest absolute Gasteiger partial charge is 0.493 e. The van der Waals surface area contributed by atoms with Gasteiger partial charge < -0.3 is 24.4 Å². The van der Waals surface area contributed by atoms with Gasteiger partial charge in [0.1, 0.15) is 0 Å². The molecule has 122 valence electrons.